The van der Waals surface area contributed by atoms with Gasteiger partial charge in [-0.3, -0.25) is 4.79 Å². The number of nitrogens with one attached hydrogen (secondary N) is 1. The van der Waals surface area contributed by atoms with Crippen LogP contribution in [0.3, 0.4) is 0 Å². The molecule has 2 fully saturated rings. The van der Waals surface area contributed by atoms with E-state index in [9.17, 15) is 4.79 Å². The predicted octanol–water partition coefficient (Wildman–Crippen LogP) is 1.62. The Morgan fingerprint density at radius 1 is 1.44 bits per heavy atom. The predicted molar refractivity (Wildman–Crippen MR) is 72.7 cm³/mol. The number of benzene rings is 1. The molecule has 3 rings (SSSR count). The number of nitrogens with zero attached hydrogens (tertiary/aromatic N) is 1. The van der Waals surface area contributed by atoms with Gasteiger partial charge in [-0.15, -0.1) is 0 Å². The molecule has 2 bridgehead atoms. The number of fused-ring (bicyclic) bond motifs is 2. The van der Waals surface area contributed by atoms with Gasteiger partial charge in [0.2, 0.25) is 0 Å². The molecule has 0 aromatic heterocycles. The standard InChI is InChI=1S/C14H19N3O/c1-16-14(18)10-3-5-13(12(15)7-10)17-8-9-2-4-11(17)6-9/h3,5,7,9,11H,2,4,6,8,15H2,1H3,(H,16,18). The number of carbonyl (C=O) groups is 1. The molecule has 1 saturated heterocycles. The zero-order valence-electron chi connectivity index (χ0n) is 10.6. The van der Waals surface area contributed by atoms with Crippen molar-refractivity contribution in [1.29, 1.82) is 0 Å². The van der Waals surface area contributed by atoms with E-state index in [2.05, 4.69) is 10.2 Å². The van der Waals surface area contributed by atoms with Crippen LogP contribution < -0.4 is 16.0 Å². The minimum atomic E-state index is -0.0869. The van der Waals surface area contributed by atoms with E-state index in [1.165, 1.54) is 19.3 Å². The number of nitrogens with two attached hydrogens (primary N) is 1. The molecule has 1 aromatic carbocycles. The lowest BCUT2D eigenvalue weighted by molar-refractivity contribution is 0.0963. The summed E-state index contributed by atoms with van der Waals surface area (Å²) >= 11 is 0. The van der Waals surface area contributed by atoms with Crippen molar-refractivity contribution in [2.24, 2.45) is 5.92 Å². The third-order valence-corrected chi connectivity index (χ3v) is 4.24. The van der Waals surface area contributed by atoms with Gasteiger partial charge in [0, 0.05) is 25.2 Å². The molecule has 0 spiro atoms. The molecule has 4 heteroatoms. The van der Waals surface area contributed by atoms with Crippen LogP contribution in [0.4, 0.5) is 11.4 Å². The molecule has 3 N–H and O–H groups in total. The zero-order chi connectivity index (χ0) is 12.7. The number of nitrogen functional groups attached to an aromatic ring is 1. The van der Waals surface area contributed by atoms with Gasteiger partial charge in [0.15, 0.2) is 0 Å². The van der Waals surface area contributed by atoms with Gasteiger partial charge in [-0.25, -0.2) is 0 Å². The number of amides is 1. The molecule has 18 heavy (non-hydrogen) atoms. The molecule has 1 heterocycles. The van der Waals surface area contributed by atoms with E-state index in [0.717, 1.165) is 18.2 Å². The fourth-order valence-electron chi connectivity index (χ4n) is 3.32. The summed E-state index contributed by atoms with van der Waals surface area (Å²) < 4.78 is 0. The summed E-state index contributed by atoms with van der Waals surface area (Å²) in [5.74, 6) is 0.754. The number of piperidine rings is 1. The molecule has 1 aromatic rings. The van der Waals surface area contributed by atoms with Crippen LogP contribution >= 0.6 is 0 Å². The average molecular weight is 245 g/mol. The first-order valence-corrected chi connectivity index (χ1v) is 6.57. The maximum Gasteiger partial charge on any atom is 0.251 e. The number of hydrogen-bond donors (Lipinski definition) is 2. The first-order chi connectivity index (χ1) is 8.69. The SMILES string of the molecule is CNC(=O)c1ccc(N2CC3CCC2C3)c(N)c1. The van der Waals surface area contributed by atoms with Gasteiger partial charge in [0.1, 0.15) is 0 Å². The third kappa shape index (κ3) is 1.72. The van der Waals surface area contributed by atoms with Gasteiger partial charge < -0.3 is 16.0 Å². The Bertz CT molecular complexity index is 486. The first kappa shape index (κ1) is 11.4. The number of carbonyl (C=O) groups excluding carboxylic acids is 1. The normalized spacial score (nSPS) is 25.5. The van der Waals surface area contributed by atoms with Crippen LogP contribution in [0.1, 0.15) is 29.6 Å². The average Bonchev–Trinajstić information content (AvgIpc) is 3.00. The van der Waals surface area contributed by atoms with E-state index >= 15 is 0 Å². The van der Waals surface area contributed by atoms with Crippen LogP contribution in [0.25, 0.3) is 0 Å². The Morgan fingerprint density at radius 2 is 2.28 bits per heavy atom. The maximum absolute atomic E-state index is 11.5. The Balaban J connectivity index is 1.87. The second kappa shape index (κ2) is 4.19. The molecule has 2 unspecified atom stereocenters. The van der Waals surface area contributed by atoms with Gasteiger partial charge in [0.25, 0.3) is 5.91 Å². The molecule has 96 valence electrons. The molecule has 1 aliphatic heterocycles. The van der Waals surface area contributed by atoms with Gasteiger partial charge in [-0.05, 0) is 43.4 Å². The highest BCUT2D eigenvalue weighted by Crippen LogP contribution is 2.41. The number of hydrogen-bond acceptors (Lipinski definition) is 3. The second-order valence-electron chi connectivity index (χ2n) is 5.34. The van der Waals surface area contributed by atoms with Crippen LogP contribution in [-0.2, 0) is 0 Å². The maximum atomic E-state index is 11.5. The molecule has 0 radical (unpaired) electrons. The first-order valence-electron chi connectivity index (χ1n) is 6.57. The van der Waals surface area contributed by atoms with Crippen molar-refractivity contribution in [2.75, 3.05) is 24.2 Å². The number of anilines is 2. The molecular weight excluding hydrogens is 226 g/mol. The minimum Gasteiger partial charge on any atom is -0.397 e. The van der Waals surface area contributed by atoms with Crippen LogP contribution in [0, 0.1) is 5.92 Å². The van der Waals surface area contributed by atoms with E-state index in [4.69, 9.17) is 5.73 Å². The van der Waals surface area contributed by atoms with Crippen molar-refractivity contribution < 1.29 is 4.79 Å². The lowest BCUT2D eigenvalue weighted by Gasteiger charge is -2.30. The highest BCUT2D eigenvalue weighted by molar-refractivity contribution is 5.96. The molecule has 2 aliphatic rings. The van der Waals surface area contributed by atoms with Crippen molar-refractivity contribution in [3.05, 3.63) is 23.8 Å². The van der Waals surface area contributed by atoms with E-state index in [1.807, 2.05) is 12.1 Å². The van der Waals surface area contributed by atoms with Crippen molar-refractivity contribution in [1.82, 2.24) is 5.32 Å². The fraction of sp³-hybridized carbons (Fsp3) is 0.500. The zero-order valence-corrected chi connectivity index (χ0v) is 10.6. The lowest BCUT2D eigenvalue weighted by atomic mass is 10.1. The Kier molecular flexibility index (Phi) is 2.65. The van der Waals surface area contributed by atoms with E-state index in [-0.39, 0.29) is 5.91 Å². The largest absolute Gasteiger partial charge is 0.397 e. The van der Waals surface area contributed by atoms with E-state index in [0.29, 0.717) is 17.3 Å². The van der Waals surface area contributed by atoms with E-state index in [1.54, 1.807) is 13.1 Å². The van der Waals surface area contributed by atoms with Crippen molar-refractivity contribution >= 4 is 17.3 Å². The number of rotatable bonds is 2. The van der Waals surface area contributed by atoms with Gasteiger partial charge in [-0.2, -0.15) is 0 Å². The van der Waals surface area contributed by atoms with Crippen molar-refractivity contribution in [2.45, 2.75) is 25.3 Å². The minimum absolute atomic E-state index is 0.0869. The van der Waals surface area contributed by atoms with Crippen LogP contribution in [0.5, 0.6) is 0 Å². The Morgan fingerprint density at radius 3 is 2.83 bits per heavy atom. The molecule has 1 amide bonds. The van der Waals surface area contributed by atoms with Gasteiger partial charge in [-0.1, -0.05) is 0 Å². The smallest absolute Gasteiger partial charge is 0.251 e. The molecule has 1 saturated carbocycles. The Hall–Kier alpha value is -1.71. The summed E-state index contributed by atoms with van der Waals surface area (Å²) in [6.07, 6.45) is 3.94. The molecule has 2 atom stereocenters. The summed E-state index contributed by atoms with van der Waals surface area (Å²) in [5.41, 5.74) is 8.54. The van der Waals surface area contributed by atoms with Crippen LogP contribution in [0.15, 0.2) is 18.2 Å². The van der Waals surface area contributed by atoms with Crippen molar-refractivity contribution in [3.8, 4) is 0 Å². The summed E-state index contributed by atoms with van der Waals surface area (Å²) in [6, 6.07) is 6.28. The monoisotopic (exact) mass is 245 g/mol. The van der Waals surface area contributed by atoms with Crippen LogP contribution in [0.2, 0.25) is 0 Å². The highest BCUT2D eigenvalue weighted by Gasteiger charge is 2.38. The molecular formula is C14H19N3O. The molecule has 1 aliphatic carbocycles. The summed E-state index contributed by atoms with van der Waals surface area (Å²) in [4.78, 5) is 14.0. The quantitative estimate of drug-likeness (QED) is 0.778. The van der Waals surface area contributed by atoms with Crippen LogP contribution in [-0.4, -0.2) is 25.5 Å². The lowest BCUT2D eigenvalue weighted by Crippen LogP contribution is -2.32. The highest BCUT2D eigenvalue weighted by atomic mass is 16.1. The second-order valence-corrected chi connectivity index (χ2v) is 5.34. The molecule has 4 nitrogen and oxygen atoms in total. The third-order valence-electron chi connectivity index (χ3n) is 4.24. The summed E-state index contributed by atoms with van der Waals surface area (Å²) in [7, 11) is 1.63. The topological polar surface area (TPSA) is 58.4 Å². The van der Waals surface area contributed by atoms with E-state index < -0.39 is 0 Å². The Labute approximate surface area is 107 Å². The van der Waals surface area contributed by atoms with Crippen molar-refractivity contribution in [3.63, 3.8) is 0 Å². The fourth-order valence-corrected chi connectivity index (χ4v) is 3.32. The summed E-state index contributed by atoms with van der Waals surface area (Å²) in [5, 5.41) is 2.62. The van der Waals surface area contributed by atoms with Gasteiger partial charge >= 0.3 is 0 Å². The van der Waals surface area contributed by atoms with Gasteiger partial charge in [0.05, 0.1) is 11.4 Å². The summed E-state index contributed by atoms with van der Waals surface area (Å²) in [6.45, 7) is 1.12.